The Kier molecular flexibility index (Phi) is 3.37. The summed E-state index contributed by atoms with van der Waals surface area (Å²) in [4.78, 5) is 24.7. The zero-order valence-corrected chi connectivity index (χ0v) is 13.1. The topological polar surface area (TPSA) is 58.2 Å². The molecule has 1 saturated carbocycles. The smallest absolute Gasteiger partial charge is 0.258 e. The van der Waals surface area contributed by atoms with Gasteiger partial charge in [-0.25, -0.2) is 4.39 Å². The molecule has 5 heteroatoms. The summed E-state index contributed by atoms with van der Waals surface area (Å²) < 4.78 is 13.7. The summed E-state index contributed by atoms with van der Waals surface area (Å²) in [6, 6.07) is 11.2. The SMILES string of the molecule is O=C(Nc1ccc2c(c1)C1(CCCC1)C(=O)N2)c1ccccc1F. The second-order valence-electron chi connectivity index (χ2n) is 6.44. The molecule has 4 rings (SSSR count). The summed E-state index contributed by atoms with van der Waals surface area (Å²) >= 11 is 0. The zero-order valence-electron chi connectivity index (χ0n) is 13.1. The van der Waals surface area contributed by atoms with E-state index in [1.807, 2.05) is 6.07 Å². The Labute approximate surface area is 139 Å². The normalized spacial score (nSPS) is 17.6. The molecule has 2 aromatic carbocycles. The number of hydrogen-bond donors (Lipinski definition) is 2. The molecule has 1 spiro atoms. The van der Waals surface area contributed by atoms with Gasteiger partial charge >= 0.3 is 0 Å². The molecular weight excluding hydrogens is 307 g/mol. The highest BCUT2D eigenvalue weighted by Gasteiger charge is 2.48. The molecule has 1 heterocycles. The lowest BCUT2D eigenvalue weighted by molar-refractivity contribution is -0.120. The van der Waals surface area contributed by atoms with Crippen molar-refractivity contribution in [1.82, 2.24) is 0 Å². The Bertz CT molecular complexity index is 841. The van der Waals surface area contributed by atoms with Crippen LogP contribution in [-0.4, -0.2) is 11.8 Å². The quantitative estimate of drug-likeness (QED) is 0.882. The molecule has 2 aromatic rings. The average molecular weight is 324 g/mol. The van der Waals surface area contributed by atoms with Crippen LogP contribution in [0, 0.1) is 5.82 Å². The highest BCUT2D eigenvalue weighted by atomic mass is 19.1. The number of rotatable bonds is 2. The van der Waals surface area contributed by atoms with Gasteiger partial charge < -0.3 is 10.6 Å². The van der Waals surface area contributed by atoms with Gasteiger partial charge in [-0.2, -0.15) is 0 Å². The standard InChI is InChI=1S/C19H17FN2O2/c20-15-6-2-1-5-13(15)17(23)21-12-7-8-16-14(11-12)19(18(24)22-16)9-3-4-10-19/h1-2,5-8,11H,3-4,9-10H2,(H,21,23)(H,22,24). The lowest BCUT2D eigenvalue weighted by Gasteiger charge is -2.21. The minimum absolute atomic E-state index is 0.00257. The first-order chi connectivity index (χ1) is 11.6. The predicted molar refractivity (Wildman–Crippen MR) is 89.6 cm³/mol. The van der Waals surface area contributed by atoms with Crippen molar-refractivity contribution < 1.29 is 14.0 Å². The van der Waals surface area contributed by atoms with E-state index < -0.39 is 17.1 Å². The van der Waals surface area contributed by atoms with Crippen LogP contribution in [0.3, 0.4) is 0 Å². The van der Waals surface area contributed by atoms with Gasteiger partial charge in [0, 0.05) is 11.4 Å². The number of carbonyl (C=O) groups is 2. The van der Waals surface area contributed by atoms with Crippen molar-refractivity contribution in [2.24, 2.45) is 0 Å². The highest BCUT2D eigenvalue weighted by Crippen LogP contribution is 2.49. The molecule has 1 aliphatic carbocycles. The van der Waals surface area contributed by atoms with Crippen LogP contribution in [0.15, 0.2) is 42.5 Å². The first-order valence-electron chi connectivity index (χ1n) is 8.12. The summed E-state index contributed by atoms with van der Waals surface area (Å²) in [5.74, 6) is -1.00. The Morgan fingerprint density at radius 1 is 1.12 bits per heavy atom. The molecule has 2 aliphatic rings. The number of benzene rings is 2. The van der Waals surface area contributed by atoms with Crippen LogP contribution >= 0.6 is 0 Å². The molecule has 1 aliphatic heterocycles. The van der Waals surface area contributed by atoms with E-state index in [4.69, 9.17) is 0 Å². The van der Waals surface area contributed by atoms with Crippen molar-refractivity contribution in [2.75, 3.05) is 10.6 Å². The van der Waals surface area contributed by atoms with E-state index in [1.54, 1.807) is 24.3 Å². The van der Waals surface area contributed by atoms with Crippen LogP contribution in [0.2, 0.25) is 0 Å². The van der Waals surface area contributed by atoms with Gasteiger partial charge in [0.1, 0.15) is 5.82 Å². The maximum absolute atomic E-state index is 13.7. The summed E-state index contributed by atoms with van der Waals surface area (Å²) in [5, 5.41) is 5.67. The van der Waals surface area contributed by atoms with Crippen molar-refractivity contribution in [1.29, 1.82) is 0 Å². The summed E-state index contributed by atoms with van der Waals surface area (Å²) in [5.41, 5.74) is 1.86. The number of nitrogens with one attached hydrogen (secondary N) is 2. The fourth-order valence-electron chi connectivity index (χ4n) is 3.81. The molecule has 24 heavy (non-hydrogen) atoms. The summed E-state index contributed by atoms with van der Waals surface area (Å²) in [6.07, 6.45) is 3.71. The predicted octanol–water partition coefficient (Wildman–Crippen LogP) is 3.84. The lowest BCUT2D eigenvalue weighted by atomic mass is 9.80. The van der Waals surface area contributed by atoms with Gasteiger partial charge in [0.15, 0.2) is 0 Å². The molecule has 2 amide bonds. The van der Waals surface area contributed by atoms with Gasteiger partial charge in [-0.05, 0) is 48.7 Å². The largest absolute Gasteiger partial charge is 0.325 e. The van der Waals surface area contributed by atoms with Crippen LogP contribution in [0.4, 0.5) is 15.8 Å². The van der Waals surface area contributed by atoms with E-state index >= 15 is 0 Å². The van der Waals surface area contributed by atoms with Gasteiger partial charge in [0.2, 0.25) is 5.91 Å². The zero-order chi connectivity index (χ0) is 16.7. The molecule has 0 bridgehead atoms. The van der Waals surface area contributed by atoms with Crippen LogP contribution in [0.5, 0.6) is 0 Å². The van der Waals surface area contributed by atoms with Crippen molar-refractivity contribution in [3.63, 3.8) is 0 Å². The Morgan fingerprint density at radius 3 is 2.62 bits per heavy atom. The van der Waals surface area contributed by atoms with E-state index in [-0.39, 0.29) is 11.5 Å². The molecular formula is C19H17FN2O2. The molecule has 1 fully saturated rings. The van der Waals surface area contributed by atoms with Crippen LogP contribution in [0.25, 0.3) is 0 Å². The fourth-order valence-corrected chi connectivity index (χ4v) is 3.81. The third kappa shape index (κ3) is 2.19. The molecule has 0 aromatic heterocycles. The van der Waals surface area contributed by atoms with Crippen molar-refractivity contribution >= 4 is 23.2 Å². The minimum Gasteiger partial charge on any atom is -0.325 e. The number of halogens is 1. The Balaban J connectivity index is 1.65. The molecule has 0 saturated heterocycles. The molecule has 0 radical (unpaired) electrons. The second kappa shape index (κ2) is 5.44. The van der Waals surface area contributed by atoms with Gasteiger partial charge in [-0.1, -0.05) is 25.0 Å². The lowest BCUT2D eigenvalue weighted by Crippen LogP contribution is -2.31. The maximum Gasteiger partial charge on any atom is 0.258 e. The second-order valence-corrected chi connectivity index (χ2v) is 6.44. The van der Waals surface area contributed by atoms with Gasteiger partial charge in [0.05, 0.1) is 11.0 Å². The third-order valence-corrected chi connectivity index (χ3v) is 5.05. The number of anilines is 2. The van der Waals surface area contributed by atoms with E-state index in [1.165, 1.54) is 12.1 Å². The highest BCUT2D eigenvalue weighted by molar-refractivity contribution is 6.08. The van der Waals surface area contributed by atoms with Crippen molar-refractivity contribution in [2.45, 2.75) is 31.1 Å². The van der Waals surface area contributed by atoms with Gasteiger partial charge in [-0.3, -0.25) is 9.59 Å². The molecule has 2 N–H and O–H groups in total. The number of carbonyl (C=O) groups excluding carboxylic acids is 2. The van der Waals surface area contributed by atoms with Crippen LogP contribution in [-0.2, 0) is 10.2 Å². The Morgan fingerprint density at radius 2 is 1.88 bits per heavy atom. The summed E-state index contributed by atoms with van der Waals surface area (Å²) in [6.45, 7) is 0. The minimum atomic E-state index is -0.555. The molecule has 4 nitrogen and oxygen atoms in total. The average Bonchev–Trinajstić information content (AvgIpc) is 3.16. The fraction of sp³-hybridized carbons (Fsp3) is 0.263. The number of amides is 2. The maximum atomic E-state index is 13.7. The Hall–Kier alpha value is -2.69. The van der Waals surface area contributed by atoms with Crippen LogP contribution in [0.1, 0.15) is 41.6 Å². The van der Waals surface area contributed by atoms with Crippen molar-refractivity contribution in [3.05, 3.63) is 59.4 Å². The third-order valence-electron chi connectivity index (χ3n) is 5.05. The van der Waals surface area contributed by atoms with Crippen LogP contribution < -0.4 is 10.6 Å². The molecule has 122 valence electrons. The van der Waals surface area contributed by atoms with Gasteiger partial charge in [0.25, 0.3) is 5.91 Å². The first-order valence-corrected chi connectivity index (χ1v) is 8.12. The number of fused-ring (bicyclic) bond motifs is 2. The van der Waals surface area contributed by atoms with Crippen molar-refractivity contribution in [3.8, 4) is 0 Å². The van der Waals surface area contributed by atoms with E-state index in [0.717, 1.165) is 36.9 Å². The number of hydrogen-bond acceptors (Lipinski definition) is 2. The molecule has 0 unspecified atom stereocenters. The van der Waals surface area contributed by atoms with E-state index in [9.17, 15) is 14.0 Å². The van der Waals surface area contributed by atoms with E-state index in [0.29, 0.717) is 5.69 Å². The summed E-state index contributed by atoms with van der Waals surface area (Å²) in [7, 11) is 0. The van der Waals surface area contributed by atoms with Gasteiger partial charge in [-0.15, -0.1) is 0 Å². The van der Waals surface area contributed by atoms with E-state index in [2.05, 4.69) is 10.6 Å². The monoisotopic (exact) mass is 324 g/mol. The first kappa shape index (κ1) is 14.9. The molecule has 0 atom stereocenters.